The molecule has 0 aliphatic heterocycles. The Bertz CT molecular complexity index is 415. The summed E-state index contributed by atoms with van der Waals surface area (Å²) in [4.78, 5) is 12.3. The highest BCUT2D eigenvalue weighted by Crippen LogP contribution is 2.21. The van der Waals surface area contributed by atoms with Crippen LogP contribution < -0.4 is 4.90 Å². The molecule has 0 aliphatic carbocycles. The zero-order chi connectivity index (χ0) is 12.1. The van der Waals surface area contributed by atoms with Crippen molar-refractivity contribution in [3.05, 3.63) is 35.7 Å². The average molecular weight is 223 g/mol. The molecule has 0 amide bonds. The van der Waals surface area contributed by atoms with E-state index in [1.807, 2.05) is 18.9 Å². The van der Waals surface area contributed by atoms with Crippen LogP contribution in [0.3, 0.4) is 0 Å². The van der Waals surface area contributed by atoms with Gasteiger partial charge in [-0.25, -0.2) is 9.18 Å². The highest BCUT2D eigenvalue weighted by atomic mass is 19.1. The fourth-order valence-corrected chi connectivity index (χ4v) is 1.34. The summed E-state index contributed by atoms with van der Waals surface area (Å²) in [5.74, 6) is -1.42. The molecule has 3 nitrogen and oxygen atoms in total. The lowest BCUT2D eigenvalue weighted by Gasteiger charge is -2.19. The van der Waals surface area contributed by atoms with Crippen LogP contribution in [-0.4, -0.2) is 24.7 Å². The Morgan fingerprint density at radius 2 is 2.25 bits per heavy atom. The smallest absolute Gasteiger partial charge is 0.328 e. The summed E-state index contributed by atoms with van der Waals surface area (Å²) in [5, 5.41) is 8.54. The predicted molar refractivity (Wildman–Crippen MR) is 62.0 cm³/mol. The van der Waals surface area contributed by atoms with Crippen LogP contribution in [0.4, 0.5) is 10.1 Å². The molecule has 0 bridgehead atoms. The third-order valence-electron chi connectivity index (χ3n) is 2.28. The molecule has 1 aromatic carbocycles. The second kappa shape index (κ2) is 5.30. The molecule has 0 saturated carbocycles. The van der Waals surface area contributed by atoms with E-state index in [0.29, 0.717) is 5.56 Å². The molecule has 4 heteroatoms. The molecule has 0 heterocycles. The van der Waals surface area contributed by atoms with Crippen LogP contribution in [-0.2, 0) is 4.79 Å². The van der Waals surface area contributed by atoms with E-state index in [9.17, 15) is 9.18 Å². The van der Waals surface area contributed by atoms with E-state index in [-0.39, 0.29) is 5.82 Å². The van der Waals surface area contributed by atoms with Gasteiger partial charge < -0.3 is 10.0 Å². The molecular weight excluding hydrogens is 209 g/mol. The molecule has 0 spiro atoms. The quantitative estimate of drug-likeness (QED) is 0.797. The van der Waals surface area contributed by atoms with Crippen molar-refractivity contribution in [2.24, 2.45) is 0 Å². The van der Waals surface area contributed by atoms with Gasteiger partial charge in [-0.05, 0) is 31.2 Å². The van der Waals surface area contributed by atoms with Crippen molar-refractivity contribution in [1.82, 2.24) is 0 Å². The predicted octanol–water partition coefficient (Wildman–Crippen LogP) is 2.38. The van der Waals surface area contributed by atoms with Crippen LogP contribution in [0.15, 0.2) is 24.3 Å². The summed E-state index contributed by atoms with van der Waals surface area (Å²) in [5.41, 5.74) is 1.37. The minimum atomic E-state index is -1.05. The Hall–Kier alpha value is -1.84. The monoisotopic (exact) mass is 223 g/mol. The van der Waals surface area contributed by atoms with Gasteiger partial charge in [-0.15, -0.1) is 0 Å². The van der Waals surface area contributed by atoms with Crippen LogP contribution in [0.25, 0.3) is 6.08 Å². The van der Waals surface area contributed by atoms with Gasteiger partial charge in [0.1, 0.15) is 5.82 Å². The van der Waals surface area contributed by atoms with E-state index < -0.39 is 5.97 Å². The molecule has 0 fully saturated rings. The first-order chi connectivity index (χ1) is 7.54. The number of rotatable bonds is 4. The lowest BCUT2D eigenvalue weighted by Crippen LogP contribution is -2.16. The Morgan fingerprint density at radius 1 is 1.56 bits per heavy atom. The lowest BCUT2D eigenvalue weighted by molar-refractivity contribution is -0.131. The summed E-state index contributed by atoms with van der Waals surface area (Å²) >= 11 is 0. The standard InChI is InChI=1S/C12H14FNO2/c1-3-14(2)11-6-5-10(13)8-9(11)4-7-12(15)16/h4-8H,3H2,1-2H3,(H,15,16)/b7-4+. The van der Waals surface area contributed by atoms with E-state index in [0.717, 1.165) is 18.3 Å². The summed E-state index contributed by atoms with van der Waals surface area (Å²) in [7, 11) is 1.87. The van der Waals surface area contributed by atoms with Crippen molar-refractivity contribution < 1.29 is 14.3 Å². The molecule has 16 heavy (non-hydrogen) atoms. The molecule has 0 atom stereocenters. The van der Waals surface area contributed by atoms with Gasteiger partial charge in [0.15, 0.2) is 0 Å². The zero-order valence-electron chi connectivity index (χ0n) is 9.27. The zero-order valence-corrected chi connectivity index (χ0v) is 9.27. The number of carbonyl (C=O) groups is 1. The number of carboxylic acids is 1. The maximum Gasteiger partial charge on any atom is 0.328 e. The molecule has 0 aromatic heterocycles. The molecule has 1 N–H and O–H groups in total. The van der Waals surface area contributed by atoms with Gasteiger partial charge in [-0.3, -0.25) is 0 Å². The molecule has 0 radical (unpaired) electrons. The van der Waals surface area contributed by atoms with E-state index in [2.05, 4.69) is 0 Å². The minimum absolute atomic E-state index is 0.377. The first-order valence-corrected chi connectivity index (χ1v) is 4.96. The van der Waals surface area contributed by atoms with E-state index in [4.69, 9.17) is 5.11 Å². The Labute approximate surface area is 93.8 Å². The van der Waals surface area contributed by atoms with Gasteiger partial charge in [0, 0.05) is 30.9 Å². The number of hydrogen-bond donors (Lipinski definition) is 1. The largest absolute Gasteiger partial charge is 0.478 e. The third kappa shape index (κ3) is 3.08. The van der Waals surface area contributed by atoms with Gasteiger partial charge in [0.05, 0.1) is 0 Å². The Kier molecular flexibility index (Phi) is 4.05. The highest BCUT2D eigenvalue weighted by Gasteiger charge is 2.05. The number of carboxylic acid groups (broad SMARTS) is 1. The van der Waals surface area contributed by atoms with Gasteiger partial charge in [-0.1, -0.05) is 0 Å². The van der Waals surface area contributed by atoms with Gasteiger partial charge in [0.2, 0.25) is 0 Å². The van der Waals surface area contributed by atoms with Crippen LogP contribution >= 0.6 is 0 Å². The number of nitrogens with zero attached hydrogens (tertiary/aromatic N) is 1. The number of anilines is 1. The molecule has 0 unspecified atom stereocenters. The number of aliphatic carboxylic acids is 1. The summed E-state index contributed by atoms with van der Waals surface area (Å²) in [6.07, 6.45) is 2.40. The molecule has 1 aromatic rings. The summed E-state index contributed by atoms with van der Waals surface area (Å²) in [6, 6.07) is 4.32. The van der Waals surface area contributed by atoms with Crippen LogP contribution in [0.5, 0.6) is 0 Å². The van der Waals surface area contributed by atoms with Gasteiger partial charge in [0.25, 0.3) is 0 Å². The Balaban J connectivity index is 3.12. The van der Waals surface area contributed by atoms with Gasteiger partial charge >= 0.3 is 5.97 Å². The molecule has 86 valence electrons. The molecule has 0 aliphatic rings. The number of halogens is 1. The maximum absolute atomic E-state index is 13.0. The first kappa shape index (κ1) is 12.2. The maximum atomic E-state index is 13.0. The van der Waals surface area contributed by atoms with E-state index >= 15 is 0 Å². The minimum Gasteiger partial charge on any atom is -0.478 e. The number of benzene rings is 1. The van der Waals surface area contributed by atoms with Crippen molar-refractivity contribution in [3.63, 3.8) is 0 Å². The summed E-state index contributed by atoms with van der Waals surface area (Å²) in [6.45, 7) is 2.73. The van der Waals surface area contributed by atoms with Crippen LogP contribution in [0.1, 0.15) is 12.5 Å². The first-order valence-electron chi connectivity index (χ1n) is 4.96. The lowest BCUT2D eigenvalue weighted by atomic mass is 10.1. The van der Waals surface area contributed by atoms with Crippen molar-refractivity contribution in [1.29, 1.82) is 0 Å². The number of hydrogen-bond acceptors (Lipinski definition) is 2. The Morgan fingerprint density at radius 3 is 2.81 bits per heavy atom. The topological polar surface area (TPSA) is 40.5 Å². The average Bonchev–Trinajstić information content (AvgIpc) is 2.25. The fraction of sp³-hybridized carbons (Fsp3) is 0.250. The molecule has 1 rings (SSSR count). The van der Waals surface area contributed by atoms with Crippen LogP contribution in [0, 0.1) is 5.82 Å². The van der Waals surface area contributed by atoms with E-state index in [1.165, 1.54) is 18.2 Å². The second-order valence-corrected chi connectivity index (χ2v) is 3.39. The molecular formula is C12H14FNO2. The summed E-state index contributed by atoms with van der Waals surface area (Å²) < 4.78 is 13.0. The third-order valence-corrected chi connectivity index (χ3v) is 2.28. The van der Waals surface area contributed by atoms with Crippen LogP contribution in [0.2, 0.25) is 0 Å². The fourth-order valence-electron chi connectivity index (χ4n) is 1.34. The second-order valence-electron chi connectivity index (χ2n) is 3.39. The SMILES string of the molecule is CCN(C)c1ccc(F)cc1/C=C/C(=O)O. The van der Waals surface area contributed by atoms with Crippen molar-refractivity contribution in [2.45, 2.75) is 6.92 Å². The highest BCUT2D eigenvalue weighted by molar-refractivity contribution is 5.87. The normalized spacial score (nSPS) is 10.7. The molecule has 0 saturated heterocycles. The van der Waals surface area contributed by atoms with E-state index in [1.54, 1.807) is 6.07 Å². The van der Waals surface area contributed by atoms with Gasteiger partial charge in [-0.2, -0.15) is 0 Å². The van der Waals surface area contributed by atoms with Crippen molar-refractivity contribution in [2.75, 3.05) is 18.5 Å². The van der Waals surface area contributed by atoms with Crippen molar-refractivity contribution in [3.8, 4) is 0 Å². The van der Waals surface area contributed by atoms with Crippen molar-refractivity contribution >= 4 is 17.7 Å².